The lowest BCUT2D eigenvalue weighted by Gasteiger charge is -2.55. The van der Waals surface area contributed by atoms with E-state index in [1.54, 1.807) is 0 Å². The zero-order chi connectivity index (χ0) is 38.6. The molecule has 2 fully saturated rings. The van der Waals surface area contributed by atoms with Crippen molar-refractivity contribution in [3.8, 4) is 11.1 Å². The van der Waals surface area contributed by atoms with Gasteiger partial charge in [-0.15, -0.1) is 0 Å². The standard InChI is InChI=1S/C56H51N/c1-4-6-9-17-42-38-56(51-23-15-14-22-48(42)51)52-34-44(55-33-16-32-54(39-55,36-40(3)37-55)43-26-24-41(5-2)25-27-43)28-30-49(52)50-31-29-47(35-53(50)56)57(45-18-10-7-11-19-45)46-20-12-8-13-21-46/h4-15,17-31,34-35,38,40H,2,16,32-33,36-37,39H2,1,3H3/b6-4-,17-9-. The van der Waals surface area contributed by atoms with Crippen molar-refractivity contribution in [2.45, 2.75) is 68.6 Å². The number of hydrogen-bond donors (Lipinski definition) is 0. The number of allylic oxidation sites excluding steroid dienone is 6. The highest BCUT2D eigenvalue weighted by Gasteiger charge is 2.53. The Bertz CT molecular complexity index is 2530. The second-order valence-electron chi connectivity index (χ2n) is 17.3. The van der Waals surface area contributed by atoms with Crippen molar-refractivity contribution in [1.82, 2.24) is 0 Å². The summed E-state index contributed by atoms with van der Waals surface area (Å²) in [7, 11) is 0. The smallest absolute Gasteiger partial charge is 0.0659 e. The van der Waals surface area contributed by atoms with Crippen LogP contribution in [0.2, 0.25) is 0 Å². The van der Waals surface area contributed by atoms with Crippen LogP contribution in [0, 0.1) is 5.92 Å². The molecule has 0 amide bonds. The minimum Gasteiger partial charge on any atom is -0.310 e. The lowest BCUT2D eigenvalue weighted by Crippen LogP contribution is -2.48. The molecule has 0 radical (unpaired) electrons. The first-order valence-corrected chi connectivity index (χ1v) is 21.0. The zero-order valence-corrected chi connectivity index (χ0v) is 33.3. The van der Waals surface area contributed by atoms with Crippen molar-refractivity contribution < 1.29 is 0 Å². The molecule has 1 heteroatoms. The second-order valence-corrected chi connectivity index (χ2v) is 17.3. The van der Waals surface area contributed by atoms with Gasteiger partial charge in [0.15, 0.2) is 0 Å². The minimum absolute atomic E-state index is 0.136. The summed E-state index contributed by atoms with van der Waals surface area (Å²) in [5.74, 6) is 0.650. The van der Waals surface area contributed by atoms with Crippen molar-refractivity contribution >= 4 is 28.7 Å². The van der Waals surface area contributed by atoms with Crippen LogP contribution >= 0.6 is 0 Å². The fourth-order valence-electron chi connectivity index (χ4n) is 11.8. The highest BCUT2D eigenvalue weighted by molar-refractivity contribution is 5.95. The molecule has 0 heterocycles. The van der Waals surface area contributed by atoms with E-state index in [2.05, 4.69) is 201 Å². The van der Waals surface area contributed by atoms with Gasteiger partial charge >= 0.3 is 0 Å². The number of anilines is 3. The molecule has 6 aromatic rings. The highest BCUT2D eigenvalue weighted by atomic mass is 15.1. The van der Waals surface area contributed by atoms with Crippen LogP contribution in [0.15, 0.2) is 183 Å². The Morgan fingerprint density at radius 2 is 1.21 bits per heavy atom. The monoisotopic (exact) mass is 737 g/mol. The molecule has 0 aromatic heterocycles. The van der Waals surface area contributed by atoms with E-state index in [-0.39, 0.29) is 10.8 Å². The molecule has 2 bridgehead atoms. The number of rotatable bonds is 8. The van der Waals surface area contributed by atoms with Crippen LogP contribution in [0.3, 0.4) is 0 Å². The molecular weight excluding hydrogens is 687 g/mol. The van der Waals surface area contributed by atoms with Crippen LogP contribution in [0.25, 0.3) is 22.8 Å². The second kappa shape index (κ2) is 13.9. The molecule has 0 N–H and O–H groups in total. The van der Waals surface area contributed by atoms with E-state index in [1.807, 2.05) is 6.08 Å². The Morgan fingerprint density at radius 1 is 0.596 bits per heavy atom. The fourth-order valence-corrected chi connectivity index (χ4v) is 11.8. The molecule has 57 heavy (non-hydrogen) atoms. The van der Waals surface area contributed by atoms with E-state index in [0.717, 1.165) is 11.4 Å². The first-order valence-electron chi connectivity index (χ1n) is 21.0. The van der Waals surface area contributed by atoms with Gasteiger partial charge in [0.1, 0.15) is 0 Å². The molecule has 10 rings (SSSR count). The van der Waals surface area contributed by atoms with Crippen LogP contribution < -0.4 is 4.90 Å². The normalized spacial score (nSPS) is 24.3. The molecule has 0 aliphatic heterocycles. The maximum atomic E-state index is 4.04. The predicted octanol–water partition coefficient (Wildman–Crippen LogP) is 14.8. The van der Waals surface area contributed by atoms with Gasteiger partial charge in [-0.3, -0.25) is 0 Å². The van der Waals surface area contributed by atoms with Crippen LogP contribution in [0.4, 0.5) is 17.1 Å². The Hall–Kier alpha value is -5.92. The van der Waals surface area contributed by atoms with Gasteiger partial charge in [0.05, 0.1) is 5.41 Å². The SMILES string of the molecule is C=Cc1ccc(C23CCCC(c4ccc5c(c4)C4(C=C(/C=C\C=C/C)c6ccccc64)c4cc(N(c6ccccc6)c6ccccc6)ccc4-5)(CC(C)C2)C3)cc1. The van der Waals surface area contributed by atoms with Gasteiger partial charge in [0, 0.05) is 17.1 Å². The number of hydrogen-bond acceptors (Lipinski definition) is 1. The molecule has 2 saturated carbocycles. The average molecular weight is 738 g/mol. The van der Waals surface area contributed by atoms with Crippen molar-refractivity contribution in [2.24, 2.45) is 5.92 Å². The van der Waals surface area contributed by atoms with E-state index in [9.17, 15) is 0 Å². The molecular formula is C56H51N. The summed E-state index contributed by atoms with van der Waals surface area (Å²) in [6, 6.07) is 55.1. The van der Waals surface area contributed by atoms with E-state index < -0.39 is 5.41 Å². The highest BCUT2D eigenvalue weighted by Crippen LogP contribution is 2.63. The molecule has 1 nitrogen and oxygen atoms in total. The van der Waals surface area contributed by atoms with Crippen LogP contribution in [0.1, 0.15) is 91.3 Å². The van der Waals surface area contributed by atoms with Crippen LogP contribution in [-0.2, 0) is 16.2 Å². The van der Waals surface area contributed by atoms with Gasteiger partial charge in [0.25, 0.3) is 0 Å². The maximum absolute atomic E-state index is 4.04. The first-order chi connectivity index (χ1) is 28.0. The van der Waals surface area contributed by atoms with Crippen molar-refractivity contribution in [3.05, 3.63) is 221 Å². The van der Waals surface area contributed by atoms with Gasteiger partial charge < -0.3 is 4.90 Å². The summed E-state index contributed by atoms with van der Waals surface area (Å²) in [6.07, 6.45) is 20.8. The zero-order valence-electron chi connectivity index (χ0n) is 33.3. The predicted molar refractivity (Wildman–Crippen MR) is 242 cm³/mol. The summed E-state index contributed by atoms with van der Waals surface area (Å²) in [5.41, 5.74) is 17.1. The summed E-state index contributed by atoms with van der Waals surface area (Å²) in [4.78, 5) is 2.41. The lowest BCUT2D eigenvalue weighted by molar-refractivity contribution is 0.0787. The van der Waals surface area contributed by atoms with Crippen LogP contribution in [-0.4, -0.2) is 0 Å². The largest absolute Gasteiger partial charge is 0.310 e. The van der Waals surface area contributed by atoms with E-state index in [0.29, 0.717) is 5.92 Å². The van der Waals surface area contributed by atoms with Gasteiger partial charge in [-0.1, -0.05) is 166 Å². The van der Waals surface area contributed by atoms with Crippen LogP contribution in [0.5, 0.6) is 0 Å². The molecule has 4 aliphatic rings. The van der Waals surface area contributed by atoms with E-state index in [4.69, 9.17) is 0 Å². The van der Waals surface area contributed by atoms with Crippen molar-refractivity contribution in [1.29, 1.82) is 0 Å². The van der Waals surface area contributed by atoms with Gasteiger partial charge in [-0.2, -0.15) is 0 Å². The fraction of sp³-hybridized carbons (Fsp3) is 0.214. The molecule has 4 unspecified atom stereocenters. The average Bonchev–Trinajstić information content (AvgIpc) is 3.73. The molecule has 6 aromatic carbocycles. The third-order valence-electron chi connectivity index (χ3n) is 13.9. The number of benzene rings is 6. The summed E-state index contributed by atoms with van der Waals surface area (Å²) < 4.78 is 0. The number of fused-ring (bicyclic) bond motifs is 9. The summed E-state index contributed by atoms with van der Waals surface area (Å²) in [5, 5.41) is 0. The Balaban J connectivity index is 1.18. The summed E-state index contributed by atoms with van der Waals surface area (Å²) >= 11 is 0. The number of nitrogens with zero attached hydrogens (tertiary/aromatic N) is 1. The van der Waals surface area contributed by atoms with E-state index in [1.165, 1.54) is 99.9 Å². The lowest BCUT2D eigenvalue weighted by atomic mass is 9.49. The Morgan fingerprint density at radius 3 is 1.89 bits per heavy atom. The van der Waals surface area contributed by atoms with E-state index >= 15 is 0 Å². The van der Waals surface area contributed by atoms with Crippen molar-refractivity contribution in [2.75, 3.05) is 4.90 Å². The Kier molecular flexibility index (Phi) is 8.67. The maximum Gasteiger partial charge on any atom is 0.0659 e. The first kappa shape index (κ1) is 35.5. The minimum atomic E-state index is -0.425. The quantitative estimate of drug-likeness (QED) is 0.141. The third-order valence-corrected chi connectivity index (χ3v) is 13.9. The molecule has 280 valence electrons. The molecule has 1 spiro atoms. The van der Waals surface area contributed by atoms with Crippen molar-refractivity contribution in [3.63, 3.8) is 0 Å². The number of para-hydroxylation sites is 2. The third kappa shape index (κ3) is 5.66. The van der Waals surface area contributed by atoms with Gasteiger partial charge in [0.2, 0.25) is 0 Å². The molecule has 4 aliphatic carbocycles. The summed E-state index contributed by atoms with van der Waals surface area (Å²) in [6.45, 7) is 8.64. The topological polar surface area (TPSA) is 3.24 Å². The molecule has 4 atom stereocenters. The Labute approximate surface area is 339 Å². The molecule has 0 saturated heterocycles. The van der Waals surface area contributed by atoms with Gasteiger partial charge in [-0.25, -0.2) is 0 Å². The van der Waals surface area contributed by atoms with Gasteiger partial charge in [-0.05, 0) is 148 Å².